The highest BCUT2D eigenvalue weighted by atomic mass is 16.2. The second-order valence-corrected chi connectivity index (χ2v) is 4.19. The van der Waals surface area contributed by atoms with E-state index in [9.17, 15) is 9.59 Å². The van der Waals surface area contributed by atoms with Crippen LogP contribution in [0, 0.1) is 11.3 Å². The Morgan fingerprint density at radius 3 is 3.00 bits per heavy atom. The van der Waals surface area contributed by atoms with Crippen molar-refractivity contribution in [2.75, 3.05) is 23.3 Å². The van der Waals surface area contributed by atoms with Gasteiger partial charge >= 0.3 is 0 Å². The standard InChI is InChI=1S/C13H13N3O2/c1-9(17)4-5-16-12-6-10(7-14)2-3-11(12)15-8-13(16)18/h2-3,6,15H,4-5,8H2,1H3. The number of carbonyl (C=O) groups is 2. The second-order valence-electron chi connectivity index (χ2n) is 4.19. The van der Waals surface area contributed by atoms with Gasteiger partial charge in [-0.2, -0.15) is 5.26 Å². The Morgan fingerprint density at radius 2 is 2.33 bits per heavy atom. The number of hydrogen-bond acceptors (Lipinski definition) is 4. The molecule has 1 aromatic rings. The third-order valence-electron chi connectivity index (χ3n) is 2.84. The first-order chi connectivity index (χ1) is 8.61. The van der Waals surface area contributed by atoms with Gasteiger partial charge in [0.2, 0.25) is 5.91 Å². The molecule has 0 fully saturated rings. The summed E-state index contributed by atoms with van der Waals surface area (Å²) in [4.78, 5) is 24.4. The molecular formula is C13H13N3O2. The van der Waals surface area contributed by atoms with E-state index >= 15 is 0 Å². The molecule has 0 spiro atoms. The third kappa shape index (κ3) is 2.33. The Kier molecular flexibility index (Phi) is 3.28. The highest BCUT2D eigenvalue weighted by molar-refractivity contribution is 6.03. The predicted molar refractivity (Wildman–Crippen MR) is 67.3 cm³/mol. The molecule has 1 aromatic carbocycles. The zero-order chi connectivity index (χ0) is 13.1. The van der Waals surface area contributed by atoms with Gasteiger partial charge in [0.25, 0.3) is 0 Å². The predicted octanol–water partition coefficient (Wildman–Crippen LogP) is 1.30. The molecule has 18 heavy (non-hydrogen) atoms. The van der Waals surface area contributed by atoms with Crippen molar-refractivity contribution in [3.63, 3.8) is 0 Å². The van der Waals surface area contributed by atoms with E-state index in [1.54, 1.807) is 23.1 Å². The van der Waals surface area contributed by atoms with Crippen molar-refractivity contribution in [1.29, 1.82) is 5.26 Å². The minimum Gasteiger partial charge on any atom is -0.374 e. The zero-order valence-corrected chi connectivity index (χ0v) is 10.1. The Balaban J connectivity index is 2.33. The Morgan fingerprint density at radius 1 is 1.56 bits per heavy atom. The molecule has 1 heterocycles. The molecule has 1 N–H and O–H groups in total. The van der Waals surface area contributed by atoms with Crippen LogP contribution in [-0.2, 0) is 9.59 Å². The monoisotopic (exact) mass is 243 g/mol. The van der Waals surface area contributed by atoms with Gasteiger partial charge in [-0.25, -0.2) is 0 Å². The average molecular weight is 243 g/mol. The summed E-state index contributed by atoms with van der Waals surface area (Å²) in [5.74, 6) is -0.0434. The number of amides is 1. The van der Waals surface area contributed by atoms with Crippen LogP contribution in [0.15, 0.2) is 18.2 Å². The molecule has 5 nitrogen and oxygen atoms in total. The fourth-order valence-corrected chi connectivity index (χ4v) is 1.89. The number of fused-ring (bicyclic) bond motifs is 1. The summed E-state index contributed by atoms with van der Waals surface area (Å²) in [6.45, 7) is 2.08. The smallest absolute Gasteiger partial charge is 0.246 e. The SMILES string of the molecule is CC(=O)CCN1C(=O)CNc2ccc(C#N)cc21. The van der Waals surface area contributed by atoms with Gasteiger partial charge < -0.3 is 10.2 Å². The summed E-state index contributed by atoms with van der Waals surface area (Å²) >= 11 is 0. The van der Waals surface area contributed by atoms with E-state index < -0.39 is 0 Å². The van der Waals surface area contributed by atoms with Crippen LogP contribution in [0.4, 0.5) is 11.4 Å². The Hall–Kier alpha value is -2.35. The molecule has 0 saturated carbocycles. The first-order valence-electron chi connectivity index (χ1n) is 5.69. The van der Waals surface area contributed by atoms with E-state index in [1.807, 2.05) is 6.07 Å². The lowest BCUT2D eigenvalue weighted by Crippen LogP contribution is -2.41. The van der Waals surface area contributed by atoms with Crippen molar-refractivity contribution in [2.45, 2.75) is 13.3 Å². The van der Waals surface area contributed by atoms with Gasteiger partial charge in [0.05, 0.1) is 29.6 Å². The molecule has 0 radical (unpaired) electrons. The number of nitrogens with one attached hydrogen (secondary N) is 1. The van der Waals surface area contributed by atoms with Crippen molar-refractivity contribution in [3.8, 4) is 6.07 Å². The van der Waals surface area contributed by atoms with Crippen LogP contribution in [0.1, 0.15) is 18.9 Å². The molecule has 0 atom stereocenters. The molecule has 1 aliphatic heterocycles. The fourth-order valence-electron chi connectivity index (χ4n) is 1.89. The van der Waals surface area contributed by atoms with Gasteiger partial charge in [0, 0.05) is 13.0 Å². The van der Waals surface area contributed by atoms with Gasteiger partial charge in [0.1, 0.15) is 5.78 Å². The van der Waals surface area contributed by atoms with Crippen LogP contribution in [0.25, 0.3) is 0 Å². The number of anilines is 2. The number of nitrogens with zero attached hydrogens (tertiary/aromatic N) is 2. The van der Waals surface area contributed by atoms with Gasteiger partial charge in [-0.05, 0) is 25.1 Å². The molecule has 0 unspecified atom stereocenters. The van der Waals surface area contributed by atoms with E-state index in [4.69, 9.17) is 5.26 Å². The molecule has 0 bridgehead atoms. The van der Waals surface area contributed by atoms with Crippen LogP contribution in [-0.4, -0.2) is 24.8 Å². The number of benzene rings is 1. The summed E-state index contributed by atoms with van der Waals surface area (Å²) in [6, 6.07) is 7.19. The topological polar surface area (TPSA) is 73.2 Å². The quantitative estimate of drug-likeness (QED) is 0.868. The van der Waals surface area contributed by atoms with Crippen LogP contribution >= 0.6 is 0 Å². The van der Waals surface area contributed by atoms with Gasteiger partial charge in [-0.1, -0.05) is 0 Å². The van der Waals surface area contributed by atoms with Crippen molar-refractivity contribution in [2.24, 2.45) is 0 Å². The summed E-state index contributed by atoms with van der Waals surface area (Å²) in [7, 11) is 0. The molecule has 2 rings (SSSR count). The highest BCUT2D eigenvalue weighted by Gasteiger charge is 2.24. The summed E-state index contributed by atoms with van der Waals surface area (Å²) in [5.41, 5.74) is 1.99. The molecule has 0 aromatic heterocycles. The Bertz CT molecular complexity index is 546. The summed E-state index contributed by atoms with van der Waals surface area (Å²) in [6.07, 6.45) is 0.321. The van der Waals surface area contributed by atoms with Crippen LogP contribution in [0.5, 0.6) is 0 Å². The lowest BCUT2D eigenvalue weighted by atomic mass is 10.1. The van der Waals surface area contributed by atoms with E-state index in [0.717, 1.165) is 5.69 Å². The maximum Gasteiger partial charge on any atom is 0.246 e. The number of ketones is 1. The van der Waals surface area contributed by atoms with E-state index in [2.05, 4.69) is 5.32 Å². The largest absolute Gasteiger partial charge is 0.374 e. The maximum atomic E-state index is 11.8. The molecule has 1 aliphatic rings. The normalized spacial score (nSPS) is 13.6. The number of Topliss-reactive ketones (excluding diaryl/α,β-unsaturated/α-hetero) is 1. The van der Waals surface area contributed by atoms with E-state index in [-0.39, 0.29) is 18.2 Å². The van der Waals surface area contributed by atoms with Crippen LogP contribution < -0.4 is 10.2 Å². The van der Waals surface area contributed by atoms with E-state index in [1.165, 1.54) is 6.92 Å². The van der Waals surface area contributed by atoms with Crippen molar-refractivity contribution >= 4 is 23.1 Å². The molecule has 92 valence electrons. The Labute approximate surface area is 105 Å². The maximum absolute atomic E-state index is 11.8. The highest BCUT2D eigenvalue weighted by Crippen LogP contribution is 2.30. The lowest BCUT2D eigenvalue weighted by Gasteiger charge is -2.30. The minimum absolute atomic E-state index is 0.0410. The van der Waals surface area contributed by atoms with Crippen LogP contribution in [0.3, 0.4) is 0 Å². The summed E-state index contributed by atoms with van der Waals surface area (Å²) < 4.78 is 0. The van der Waals surface area contributed by atoms with Crippen LogP contribution in [0.2, 0.25) is 0 Å². The van der Waals surface area contributed by atoms with Crippen molar-refractivity contribution in [3.05, 3.63) is 23.8 Å². The molecule has 0 saturated heterocycles. The van der Waals surface area contributed by atoms with Gasteiger partial charge in [-0.15, -0.1) is 0 Å². The van der Waals surface area contributed by atoms with Gasteiger partial charge in [0.15, 0.2) is 0 Å². The zero-order valence-electron chi connectivity index (χ0n) is 10.1. The van der Waals surface area contributed by atoms with Crippen molar-refractivity contribution in [1.82, 2.24) is 0 Å². The molecule has 1 amide bonds. The average Bonchev–Trinajstić information content (AvgIpc) is 2.36. The number of carbonyl (C=O) groups excluding carboxylic acids is 2. The number of hydrogen-bond donors (Lipinski definition) is 1. The fraction of sp³-hybridized carbons (Fsp3) is 0.308. The molecule has 0 aliphatic carbocycles. The van der Waals surface area contributed by atoms with Crippen molar-refractivity contribution < 1.29 is 9.59 Å². The summed E-state index contributed by atoms with van der Waals surface area (Å²) in [5, 5.41) is 11.9. The van der Waals surface area contributed by atoms with E-state index in [0.29, 0.717) is 24.2 Å². The minimum atomic E-state index is -0.0844. The first-order valence-corrected chi connectivity index (χ1v) is 5.69. The van der Waals surface area contributed by atoms with Gasteiger partial charge in [-0.3, -0.25) is 9.59 Å². The lowest BCUT2D eigenvalue weighted by molar-refractivity contribution is -0.117. The molecular weight excluding hydrogens is 230 g/mol. The second kappa shape index (κ2) is 4.88. The third-order valence-corrected chi connectivity index (χ3v) is 2.84. The number of rotatable bonds is 3. The molecule has 5 heteroatoms. The first kappa shape index (κ1) is 12.1. The number of nitriles is 1.